The highest BCUT2D eigenvalue weighted by atomic mass is 35.5. The van der Waals surface area contributed by atoms with Crippen molar-refractivity contribution >= 4 is 50.3 Å². The zero-order chi connectivity index (χ0) is 20.5. The van der Waals surface area contributed by atoms with Crippen LogP contribution in [0.3, 0.4) is 0 Å². The first-order valence-corrected chi connectivity index (χ1v) is 11.3. The van der Waals surface area contributed by atoms with Crippen molar-refractivity contribution in [2.75, 3.05) is 36.7 Å². The first kappa shape index (κ1) is 20.9. The number of anilines is 2. The topological polar surface area (TPSA) is 76.2 Å². The van der Waals surface area contributed by atoms with Gasteiger partial charge in [-0.05, 0) is 36.1 Å². The molecule has 0 aliphatic carbocycles. The summed E-state index contributed by atoms with van der Waals surface area (Å²) < 4.78 is 38.0. The van der Waals surface area contributed by atoms with Crippen LogP contribution in [0, 0.1) is 0 Å². The molecule has 0 saturated heterocycles. The van der Waals surface area contributed by atoms with Crippen LogP contribution in [0.5, 0.6) is 0 Å². The molecule has 2 aromatic rings. The van der Waals surface area contributed by atoms with Gasteiger partial charge in [0.25, 0.3) is 10.0 Å². The third-order valence-corrected chi connectivity index (χ3v) is 8.04. The molecule has 1 aliphatic rings. The molecule has 1 aromatic heterocycles. The number of thiophene rings is 1. The maximum absolute atomic E-state index is 13.0. The van der Waals surface area contributed by atoms with E-state index >= 15 is 0 Å². The van der Waals surface area contributed by atoms with Gasteiger partial charge in [-0.2, -0.15) is 0 Å². The Morgan fingerprint density at radius 2 is 2.14 bits per heavy atom. The standard InChI is InChI=1S/C18H21ClN2O5S2/c1-4-26-18(22)15-10-12-13(19)7-8-14(17(12)21(15)11-25-3)20(2)28(23,24)16-6-5-9-27-16/h5-9,15H,4,10-11H2,1-3H3. The highest BCUT2D eigenvalue weighted by Crippen LogP contribution is 2.45. The third-order valence-electron chi connectivity index (χ3n) is 4.54. The van der Waals surface area contributed by atoms with Crippen LogP contribution in [0.1, 0.15) is 12.5 Å². The number of ether oxygens (including phenoxy) is 2. The maximum atomic E-state index is 13.0. The Bertz CT molecular complexity index is 963. The average molecular weight is 445 g/mol. The zero-order valence-corrected chi connectivity index (χ0v) is 18.1. The van der Waals surface area contributed by atoms with Crippen LogP contribution in [-0.2, 0) is 30.7 Å². The number of hydrogen-bond acceptors (Lipinski definition) is 7. The van der Waals surface area contributed by atoms with Crippen molar-refractivity contribution < 1.29 is 22.7 Å². The minimum atomic E-state index is -3.74. The van der Waals surface area contributed by atoms with Crippen LogP contribution >= 0.6 is 22.9 Å². The average Bonchev–Trinajstić information content (AvgIpc) is 3.32. The van der Waals surface area contributed by atoms with Crippen LogP contribution in [0.2, 0.25) is 5.02 Å². The highest BCUT2D eigenvalue weighted by Gasteiger charge is 2.40. The number of carbonyl (C=O) groups is 1. The molecule has 0 N–H and O–H groups in total. The number of sulfonamides is 1. The molecule has 28 heavy (non-hydrogen) atoms. The summed E-state index contributed by atoms with van der Waals surface area (Å²) in [5.74, 6) is -0.401. The summed E-state index contributed by atoms with van der Waals surface area (Å²) in [6.07, 6.45) is 0.317. The summed E-state index contributed by atoms with van der Waals surface area (Å²) in [6.45, 7) is 2.08. The number of rotatable bonds is 7. The molecular formula is C18H21ClN2O5S2. The van der Waals surface area contributed by atoms with Crippen molar-refractivity contribution in [2.45, 2.75) is 23.6 Å². The molecule has 0 fully saturated rings. The van der Waals surface area contributed by atoms with Gasteiger partial charge in [-0.3, -0.25) is 4.31 Å². The SMILES string of the molecule is CCOC(=O)C1Cc2c(Cl)ccc(N(C)S(=O)(=O)c3cccs3)c2N1COC. The lowest BCUT2D eigenvalue weighted by Crippen LogP contribution is -2.41. The molecule has 1 unspecified atom stereocenters. The highest BCUT2D eigenvalue weighted by molar-refractivity contribution is 7.94. The Hall–Kier alpha value is -1.81. The van der Waals surface area contributed by atoms with E-state index in [1.165, 1.54) is 18.5 Å². The number of benzene rings is 1. The van der Waals surface area contributed by atoms with E-state index in [1.54, 1.807) is 41.5 Å². The molecule has 2 heterocycles. The monoisotopic (exact) mass is 444 g/mol. The first-order chi connectivity index (χ1) is 13.3. The Labute approximate surface area is 173 Å². The normalized spacial score (nSPS) is 16.1. The molecule has 0 saturated carbocycles. The second-order valence-electron chi connectivity index (χ2n) is 6.16. The number of hydrogen-bond donors (Lipinski definition) is 0. The lowest BCUT2D eigenvalue weighted by atomic mass is 10.1. The number of carbonyl (C=O) groups excluding carboxylic acids is 1. The van der Waals surface area contributed by atoms with Gasteiger partial charge in [0.15, 0.2) is 0 Å². The van der Waals surface area contributed by atoms with E-state index in [9.17, 15) is 13.2 Å². The van der Waals surface area contributed by atoms with Crippen molar-refractivity contribution in [3.63, 3.8) is 0 Å². The Kier molecular flexibility index (Phi) is 6.18. The third kappa shape index (κ3) is 3.59. The van der Waals surface area contributed by atoms with Gasteiger partial charge in [0, 0.05) is 25.6 Å². The summed E-state index contributed by atoms with van der Waals surface area (Å²) in [6, 6.07) is 5.90. The van der Waals surface area contributed by atoms with E-state index in [-0.39, 0.29) is 17.5 Å². The van der Waals surface area contributed by atoms with Gasteiger partial charge in [-0.1, -0.05) is 17.7 Å². The smallest absolute Gasteiger partial charge is 0.329 e. The minimum absolute atomic E-state index is 0.0940. The van der Waals surface area contributed by atoms with Gasteiger partial charge < -0.3 is 14.4 Å². The van der Waals surface area contributed by atoms with Crippen LogP contribution in [0.15, 0.2) is 33.9 Å². The minimum Gasteiger partial charge on any atom is -0.464 e. The van der Waals surface area contributed by atoms with Gasteiger partial charge in [0.2, 0.25) is 0 Å². The molecule has 10 heteroatoms. The van der Waals surface area contributed by atoms with E-state index in [1.807, 2.05) is 0 Å². The number of methoxy groups -OCH3 is 1. The molecule has 3 rings (SSSR count). The number of halogens is 1. The number of nitrogens with zero attached hydrogens (tertiary/aromatic N) is 2. The van der Waals surface area contributed by atoms with Gasteiger partial charge >= 0.3 is 5.97 Å². The lowest BCUT2D eigenvalue weighted by molar-refractivity contribution is -0.144. The number of fused-ring (bicyclic) bond motifs is 1. The summed E-state index contributed by atoms with van der Waals surface area (Å²) >= 11 is 7.53. The van der Waals surface area contributed by atoms with E-state index < -0.39 is 22.0 Å². The largest absolute Gasteiger partial charge is 0.464 e. The van der Waals surface area contributed by atoms with Crippen molar-refractivity contribution in [2.24, 2.45) is 0 Å². The van der Waals surface area contributed by atoms with Gasteiger partial charge in [-0.15, -0.1) is 11.3 Å². The quantitative estimate of drug-likeness (QED) is 0.611. The molecule has 152 valence electrons. The van der Waals surface area contributed by atoms with Crippen LogP contribution in [0.25, 0.3) is 0 Å². The Morgan fingerprint density at radius 1 is 1.39 bits per heavy atom. The fourth-order valence-electron chi connectivity index (χ4n) is 3.24. The van der Waals surface area contributed by atoms with Crippen LogP contribution in [-0.4, -0.2) is 47.9 Å². The molecule has 1 aliphatic heterocycles. The second-order valence-corrected chi connectivity index (χ2v) is 9.71. The van der Waals surface area contributed by atoms with Gasteiger partial charge in [0.1, 0.15) is 17.0 Å². The van der Waals surface area contributed by atoms with Crippen molar-refractivity contribution in [1.29, 1.82) is 0 Å². The Morgan fingerprint density at radius 3 is 2.75 bits per heavy atom. The molecule has 0 radical (unpaired) electrons. The van der Waals surface area contributed by atoms with Crippen LogP contribution < -0.4 is 9.21 Å². The predicted octanol–water partition coefficient (Wildman–Crippen LogP) is 3.12. The zero-order valence-electron chi connectivity index (χ0n) is 15.7. The molecule has 1 atom stereocenters. The maximum Gasteiger partial charge on any atom is 0.329 e. The second kappa shape index (κ2) is 8.28. The number of esters is 1. The fourth-order valence-corrected chi connectivity index (χ4v) is 5.84. The lowest BCUT2D eigenvalue weighted by Gasteiger charge is -2.29. The Balaban J connectivity index is 2.10. The van der Waals surface area contributed by atoms with E-state index in [0.717, 1.165) is 11.3 Å². The fraction of sp³-hybridized carbons (Fsp3) is 0.389. The van der Waals surface area contributed by atoms with E-state index in [2.05, 4.69) is 0 Å². The summed E-state index contributed by atoms with van der Waals surface area (Å²) in [4.78, 5) is 14.2. The first-order valence-electron chi connectivity index (χ1n) is 8.59. The molecular weight excluding hydrogens is 424 g/mol. The molecule has 0 spiro atoms. The molecule has 0 amide bonds. The predicted molar refractivity (Wildman–Crippen MR) is 110 cm³/mol. The van der Waals surface area contributed by atoms with E-state index in [4.69, 9.17) is 21.1 Å². The van der Waals surface area contributed by atoms with Gasteiger partial charge in [0.05, 0.1) is 18.0 Å². The summed E-state index contributed by atoms with van der Waals surface area (Å²) in [5.41, 5.74) is 1.69. The van der Waals surface area contributed by atoms with Crippen LogP contribution in [0.4, 0.5) is 11.4 Å². The summed E-state index contributed by atoms with van der Waals surface area (Å²) in [5, 5.41) is 2.18. The van der Waals surface area contributed by atoms with Crippen molar-refractivity contribution in [3.05, 3.63) is 40.2 Å². The molecule has 1 aromatic carbocycles. The van der Waals surface area contributed by atoms with Crippen molar-refractivity contribution in [3.8, 4) is 0 Å². The molecule has 0 bridgehead atoms. The van der Waals surface area contributed by atoms with E-state index in [0.29, 0.717) is 28.4 Å². The van der Waals surface area contributed by atoms with Gasteiger partial charge in [-0.25, -0.2) is 13.2 Å². The molecule has 7 nitrogen and oxygen atoms in total. The van der Waals surface area contributed by atoms with Crippen molar-refractivity contribution in [1.82, 2.24) is 0 Å². The summed E-state index contributed by atoms with van der Waals surface area (Å²) in [7, 11) is -0.747.